The third kappa shape index (κ3) is 6.06. The number of hydrogen-bond donors (Lipinski definition) is 2. The first-order chi connectivity index (χ1) is 14.0. The molecule has 0 aliphatic carbocycles. The first-order valence-corrected chi connectivity index (χ1v) is 10.1. The summed E-state index contributed by atoms with van der Waals surface area (Å²) in [6.45, 7) is 4.66. The minimum Gasteiger partial charge on any atom is -0.484 e. The van der Waals surface area contributed by atoms with Gasteiger partial charge in [0, 0.05) is 24.7 Å². The number of hydrogen-bond acceptors (Lipinski definition) is 4. The highest BCUT2D eigenvalue weighted by Gasteiger charge is 2.19. The van der Waals surface area contributed by atoms with Crippen molar-refractivity contribution in [2.24, 2.45) is 5.73 Å². The highest BCUT2D eigenvalue weighted by molar-refractivity contribution is 5.93. The van der Waals surface area contributed by atoms with E-state index in [1.165, 1.54) is 30.9 Å². The molecule has 154 valence electrons. The van der Waals surface area contributed by atoms with E-state index in [2.05, 4.69) is 29.3 Å². The van der Waals surface area contributed by atoms with Gasteiger partial charge in [-0.3, -0.25) is 14.5 Å². The lowest BCUT2D eigenvalue weighted by Gasteiger charge is -2.33. The summed E-state index contributed by atoms with van der Waals surface area (Å²) < 4.78 is 5.48. The molecule has 2 aromatic carbocycles. The third-order valence-corrected chi connectivity index (χ3v) is 5.40. The van der Waals surface area contributed by atoms with Crippen molar-refractivity contribution in [1.82, 2.24) is 10.2 Å². The number of ether oxygens (including phenoxy) is 1. The minimum absolute atomic E-state index is 0.118. The van der Waals surface area contributed by atoms with Gasteiger partial charge in [-0.05, 0) is 55.6 Å². The molecule has 3 N–H and O–H groups in total. The van der Waals surface area contributed by atoms with Crippen molar-refractivity contribution in [3.8, 4) is 5.75 Å². The molecule has 0 spiro atoms. The Kier molecular flexibility index (Phi) is 7.25. The van der Waals surface area contributed by atoms with Crippen LogP contribution in [0.5, 0.6) is 5.75 Å². The molecular weight excluding hydrogens is 366 g/mol. The van der Waals surface area contributed by atoms with Crippen LogP contribution < -0.4 is 15.8 Å². The molecule has 3 rings (SSSR count). The number of nitrogens with two attached hydrogens (primary N) is 1. The van der Waals surface area contributed by atoms with Crippen LogP contribution in [0.15, 0.2) is 48.5 Å². The van der Waals surface area contributed by atoms with E-state index in [1.807, 2.05) is 12.1 Å². The molecule has 2 amide bonds. The van der Waals surface area contributed by atoms with Crippen molar-refractivity contribution in [1.29, 1.82) is 0 Å². The highest BCUT2D eigenvalue weighted by atomic mass is 16.5. The monoisotopic (exact) mass is 395 g/mol. The molecule has 0 radical (unpaired) electrons. The van der Waals surface area contributed by atoms with Crippen LogP contribution >= 0.6 is 0 Å². The van der Waals surface area contributed by atoms with Crippen molar-refractivity contribution < 1.29 is 14.3 Å². The first-order valence-electron chi connectivity index (χ1n) is 10.1. The molecular formula is C23H29N3O3. The average Bonchev–Trinajstić information content (AvgIpc) is 2.73. The summed E-state index contributed by atoms with van der Waals surface area (Å²) in [5.41, 5.74) is 7.98. The Morgan fingerprint density at radius 1 is 1.14 bits per heavy atom. The maximum atomic E-state index is 12.2. The van der Waals surface area contributed by atoms with Gasteiger partial charge in [-0.1, -0.05) is 36.8 Å². The Morgan fingerprint density at radius 3 is 2.69 bits per heavy atom. The highest BCUT2D eigenvalue weighted by Crippen LogP contribution is 2.21. The number of nitrogens with zero attached hydrogens (tertiary/aromatic N) is 1. The van der Waals surface area contributed by atoms with Crippen LogP contribution in [0, 0.1) is 0 Å². The number of rotatable bonds is 8. The molecule has 6 heteroatoms. The maximum Gasteiger partial charge on any atom is 0.258 e. The van der Waals surface area contributed by atoms with E-state index >= 15 is 0 Å². The van der Waals surface area contributed by atoms with Crippen LogP contribution in [0.4, 0.5) is 0 Å². The third-order valence-electron chi connectivity index (χ3n) is 5.40. The van der Waals surface area contributed by atoms with Gasteiger partial charge in [-0.25, -0.2) is 0 Å². The van der Waals surface area contributed by atoms with Gasteiger partial charge in [0.15, 0.2) is 6.61 Å². The van der Waals surface area contributed by atoms with Crippen molar-refractivity contribution in [2.75, 3.05) is 13.2 Å². The van der Waals surface area contributed by atoms with Gasteiger partial charge in [0.2, 0.25) is 5.91 Å². The number of likely N-dealkylation sites (tertiary alicyclic amines) is 1. The molecule has 6 nitrogen and oxygen atoms in total. The summed E-state index contributed by atoms with van der Waals surface area (Å²) in [5.74, 6) is -0.300. The fraction of sp³-hybridized carbons (Fsp3) is 0.391. The molecule has 1 aliphatic rings. The average molecular weight is 396 g/mol. The summed E-state index contributed by atoms with van der Waals surface area (Å²) >= 11 is 0. The van der Waals surface area contributed by atoms with E-state index in [0.29, 0.717) is 23.9 Å². The molecule has 1 atom stereocenters. The van der Waals surface area contributed by atoms with Crippen molar-refractivity contribution >= 4 is 11.8 Å². The quantitative estimate of drug-likeness (QED) is 0.720. The van der Waals surface area contributed by atoms with E-state index < -0.39 is 5.91 Å². The summed E-state index contributed by atoms with van der Waals surface area (Å²) in [7, 11) is 0. The molecule has 1 unspecified atom stereocenters. The van der Waals surface area contributed by atoms with Crippen molar-refractivity contribution in [3.63, 3.8) is 0 Å². The molecule has 1 fully saturated rings. The fourth-order valence-corrected chi connectivity index (χ4v) is 3.63. The van der Waals surface area contributed by atoms with Gasteiger partial charge in [0.05, 0.1) is 0 Å². The molecule has 1 heterocycles. The van der Waals surface area contributed by atoms with Gasteiger partial charge >= 0.3 is 0 Å². The van der Waals surface area contributed by atoms with Crippen LogP contribution in [-0.2, 0) is 17.9 Å². The summed E-state index contributed by atoms with van der Waals surface area (Å²) in [4.78, 5) is 26.0. The number of carbonyl (C=O) groups is 2. The van der Waals surface area contributed by atoms with Crippen LogP contribution in [0.2, 0.25) is 0 Å². The Labute approximate surface area is 172 Å². The summed E-state index contributed by atoms with van der Waals surface area (Å²) in [6, 6.07) is 15.3. The van der Waals surface area contributed by atoms with E-state index in [-0.39, 0.29) is 12.5 Å². The zero-order valence-electron chi connectivity index (χ0n) is 16.9. The number of piperidine rings is 1. The second-order valence-electron chi connectivity index (χ2n) is 7.54. The first kappa shape index (κ1) is 20.9. The second kappa shape index (κ2) is 10.1. The number of nitrogens with one attached hydrogen (secondary N) is 1. The van der Waals surface area contributed by atoms with Crippen LogP contribution in [0.1, 0.15) is 47.7 Å². The predicted molar refractivity (Wildman–Crippen MR) is 112 cm³/mol. The number of primary amides is 1. The molecule has 0 bridgehead atoms. The Morgan fingerprint density at radius 2 is 1.93 bits per heavy atom. The van der Waals surface area contributed by atoms with Gasteiger partial charge in [0.1, 0.15) is 5.75 Å². The zero-order valence-corrected chi connectivity index (χ0v) is 16.9. The molecule has 1 saturated heterocycles. The van der Waals surface area contributed by atoms with Gasteiger partial charge < -0.3 is 15.8 Å². The lowest BCUT2D eigenvalue weighted by atomic mass is 10.0. The Balaban J connectivity index is 1.52. The molecule has 2 aromatic rings. The molecule has 1 aliphatic heterocycles. The predicted octanol–water partition coefficient (Wildman–Crippen LogP) is 2.86. The lowest BCUT2D eigenvalue weighted by Crippen LogP contribution is -2.37. The van der Waals surface area contributed by atoms with Gasteiger partial charge in [-0.15, -0.1) is 0 Å². The van der Waals surface area contributed by atoms with Gasteiger partial charge in [-0.2, -0.15) is 0 Å². The van der Waals surface area contributed by atoms with E-state index in [9.17, 15) is 9.59 Å². The Hall–Kier alpha value is -2.86. The minimum atomic E-state index is -0.528. The largest absolute Gasteiger partial charge is 0.484 e. The van der Waals surface area contributed by atoms with E-state index in [0.717, 1.165) is 18.7 Å². The smallest absolute Gasteiger partial charge is 0.258 e. The molecule has 0 aromatic heterocycles. The normalized spacial score (nSPS) is 16.9. The Bertz CT molecular complexity index is 853. The summed E-state index contributed by atoms with van der Waals surface area (Å²) in [5, 5.41) is 2.92. The standard InChI is InChI=1S/C23H29N3O3/c1-17-7-4-5-12-26(17)15-20-9-3-2-8-19(20)14-25-22(27)16-29-21-11-6-10-18(13-21)23(24)28/h2-3,6,8-11,13,17H,4-5,7,12,14-16H2,1H3,(H2,24,28)(H,25,27). The summed E-state index contributed by atoms with van der Waals surface area (Å²) in [6.07, 6.45) is 3.79. The lowest BCUT2D eigenvalue weighted by molar-refractivity contribution is -0.123. The zero-order chi connectivity index (χ0) is 20.6. The van der Waals surface area contributed by atoms with E-state index in [1.54, 1.807) is 18.2 Å². The van der Waals surface area contributed by atoms with E-state index in [4.69, 9.17) is 10.5 Å². The maximum absolute atomic E-state index is 12.2. The van der Waals surface area contributed by atoms with Crippen LogP contribution in [0.3, 0.4) is 0 Å². The number of amides is 2. The van der Waals surface area contributed by atoms with Crippen LogP contribution in [-0.4, -0.2) is 35.9 Å². The SMILES string of the molecule is CC1CCCCN1Cc1ccccc1CNC(=O)COc1cccc(C(N)=O)c1. The van der Waals surface area contributed by atoms with Crippen molar-refractivity contribution in [2.45, 2.75) is 45.3 Å². The molecule has 0 saturated carbocycles. The number of carbonyl (C=O) groups excluding carboxylic acids is 2. The van der Waals surface area contributed by atoms with Crippen molar-refractivity contribution in [3.05, 3.63) is 65.2 Å². The topological polar surface area (TPSA) is 84.7 Å². The molecule has 29 heavy (non-hydrogen) atoms. The second-order valence-corrected chi connectivity index (χ2v) is 7.54. The van der Waals surface area contributed by atoms with Gasteiger partial charge in [0.25, 0.3) is 5.91 Å². The fourth-order valence-electron chi connectivity index (χ4n) is 3.63. The number of benzene rings is 2. The van der Waals surface area contributed by atoms with Crippen LogP contribution in [0.25, 0.3) is 0 Å².